The molecule has 0 fully saturated rings. The smallest absolute Gasteiger partial charge is 0.310 e. The van der Waals surface area contributed by atoms with Crippen molar-refractivity contribution in [1.29, 1.82) is 0 Å². The van der Waals surface area contributed by atoms with Crippen LogP contribution < -0.4 is 4.74 Å². The van der Waals surface area contributed by atoms with Gasteiger partial charge in [-0.15, -0.1) is 11.3 Å². The van der Waals surface area contributed by atoms with Crippen molar-refractivity contribution in [1.82, 2.24) is 4.90 Å². The monoisotopic (exact) mass is 372 g/mol. The van der Waals surface area contributed by atoms with Crippen molar-refractivity contribution in [2.45, 2.75) is 13.1 Å². The van der Waals surface area contributed by atoms with Crippen molar-refractivity contribution < 1.29 is 18.9 Å². The topological polar surface area (TPSA) is 85.8 Å². The molecule has 1 aromatic carbocycles. The van der Waals surface area contributed by atoms with Gasteiger partial charge in [0.25, 0.3) is 5.91 Å². The minimum atomic E-state index is -0.536. The van der Waals surface area contributed by atoms with E-state index in [1.165, 1.54) is 12.1 Å². The number of ether oxygens (including phenoxy) is 1. The summed E-state index contributed by atoms with van der Waals surface area (Å²) < 4.78 is 10.7. The number of nitro benzene ring substituents is 1. The number of para-hydroxylation sites is 2. The number of amides is 1. The maximum absolute atomic E-state index is 12.6. The molecule has 0 aliphatic heterocycles. The lowest BCUT2D eigenvalue weighted by molar-refractivity contribution is -0.385. The zero-order chi connectivity index (χ0) is 18.4. The minimum Gasteiger partial charge on any atom is -0.477 e. The summed E-state index contributed by atoms with van der Waals surface area (Å²) in [5, 5.41) is 13.0. The Morgan fingerprint density at radius 3 is 2.69 bits per heavy atom. The quantitative estimate of drug-likeness (QED) is 0.443. The third-order valence-corrected chi connectivity index (χ3v) is 4.48. The lowest BCUT2D eigenvalue weighted by atomic mass is 10.3. The van der Waals surface area contributed by atoms with Crippen LogP contribution in [0.2, 0.25) is 0 Å². The number of hydrogen-bond donors (Lipinski definition) is 0. The molecule has 26 heavy (non-hydrogen) atoms. The molecule has 0 radical (unpaired) electrons. The molecule has 0 spiro atoms. The van der Waals surface area contributed by atoms with Gasteiger partial charge in [0.15, 0.2) is 12.4 Å². The molecule has 0 N–H and O–H groups in total. The first-order valence-electron chi connectivity index (χ1n) is 7.82. The molecular formula is C18H16N2O5S. The zero-order valence-corrected chi connectivity index (χ0v) is 14.6. The van der Waals surface area contributed by atoms with Crippen LogP contribution in [0.25, 0.3) is 0 Å². The third kappa shape index (κ3) is 4.48. The highest BCUT2D eigenvalue weighted by Gasteiger charge is 2.20. The van der Waals surface area contributed by atoms with Gasteiger partial charge in [0.05, 0.1) is 24.3 Å². The molecule has 0 atom stereocenters. The number of rotatable bonds is 8. The molecule has 2 aromatic heterocycles. The van der Waals surface area contributed by atoms with Crippen LogP contribution in [0.4, 0.5) is 5.69 Å². The standard InChI is InChI=1S/C18H16N2O5S/c21-18(13-25-17-8-2-1-7-16(17)20(22)23)19(11-14-5-3-9-24-14)12-15-6-4-10-26-15/h1-10H,11-13H2. The van der Waals surface area contributed by atoms with Gasteiger partial charge in [0, 0.05) is 10.9 Å². The van der Waals surface area contributed by atoms with Crippen molar-refractivity contribution in [2.75, 3.05) is 6.61 Å². The SMILES string of the molecule is O=C(COc1ccccc1[N+](=O)[O-])N(Cc1ccco1)Cc1cccs1. The van der Waals surface area contributed by atoms with E-state index in [0.717, 1.165) is 4.88 Å². The van der Waals surface area contributed by atoms with E-state index in [1.807, 2.05) is 17.5 Å². The van der Waals surface area contributed by atoms with E-state index < -0.39 is 4.92 Å². The minimum absolute atomic E-state index is 0.0694. The number of carbonyl (C=O) groups is 1. The van der Waals surface area contributed by atoms with Gasteiger partial charge >= 0.3 is 5.69 Å². The zero-order valence-electron chi connectivity index (χ0n) is 13.7. The van der Waals surface area contributed by atoms with Crippen LogP contribution >= 0.6 is 11.3 Å². The maximum Gasteiger partial charge on any atom is 0.310 e. The summed E-state index contributed by atoms with van der Waals surface area (Å²) in [5.74, 6) is 0.438. The second-order valence-corrected chi connectivity index (χ2v) is 6.45. The molecule has 134 valence electrons. The number of thiophene rings is 1. The van der Waals surface area contributed by atoms with E-state index in [-0.39, 0.29) is 24.0 Å². The van der Waals surface area contributed by atoms with E-state index in [9.17, 15) is 14.9 Å². The Kier molecular flexibility index (Phi) is 5.65. The van der Waals surface area contributed by atoms with Crippen molar-refractivity contribution in [3.63, 3.8) is 0 Å². The summed E-state index contributed by atoms with van der Waals surface area (Å²) in [6.45, 7) is 0.415. The Labute approximate surface area is 153 Å². The van der Waals surface area contributed by atoms with Crippen LogP contribution in [0.15, 0.2) is 64.6 Å². The molecule has 0 bridgehead atoms. The van der Waals surface area contributed by atoms with Crippen molar-refractivity contribution in [3.8, 4) is 5.75 Å². The number of nitro groups is 1. The second-order valence-electron chi connectivity index (χ2n) is 5.42. The number of furan rings is 1. The predicted molar refractivity (Wildman–Crippen MR) is 95.9 cm³/mol. The Morgan fingerprint density at radius 1 is 1.15 bits per heavy atom. The predicted octanol–water partition coefficient (Wildman–Crippen LogP) is 3.86. The van der Waals surface area contributed by atoms with Crippen molar-refractivity contribution in [3.05, 3.63) is 80.9 Å². The molecule has 3 aromatic rings. The van der Waals surface area contributed by atoms with Gasteiger partial charge in [-0.3, -0.25) is 14.9 Å². The Balaban J connectivity index is 1.70. The number of carbonyl (C=O) groups excluding carboxylic acids is 1. The molecule has 0 unspecified atom stereocenters. The molecule has 0 aliphatic rings. The van der Waals surface area contributed by atoms with E-state index >= 15 is 0 Å². The summed E-state index contributed by atoms with van der Waals surface area (Å²) in [6.07, 6.45) is 1.55. The molecule has 0 saturated heterocycles. The second kappa shape index (κ2) is 8.30. The summed E-state index contributed by atoms with van der Waals surface area (Å²) in [4.78, 5) is 25.8. The molecule has 2 heterocycles. The molecule has 0 saturated carbocycles. The molecule has 7 nitrogen and oxygen atoms in total. The molecule has 8 heteroatoms. The van der Waals surface area contributed by atoms with Crippen molar-refractivity contribution >= 4 is 22.9 Å². The Bertz CT molecular complexity index is 825. The average Bonchev–Trinajstić information content (AvgIpc) is 3.33. The van der Waals surface area contributed by atoms with E-state index in [2.05, 4.69) is 0 Å². The number of nitrogens with zero attached hydrogens (tertiary/aromatic N) is 2. The first-order valence-corrected chi connectivity index (χ1v) is 8.70. The fraction of sp³-hybridized carbons (Fsp3) is 0.167. The highest BCUT2D eigenvalue weighted by Crippen LogP contribution is 2.26. The fourth-order valence-electron chi connectivity index (χ4n) is 2.37. The summed E-state index contributed by atoms with van der Waals surface area (Å²) >= 11 is 1.55. The van der Waals surface area contributed by atoms with Crippen LogP contribution in [0.5, 0.6) is 5.75 Å². The molecule has 3 rings (SSSR count). The number of benzene rings is 1. The highest BCUT2D eigenvalue weighted by atomic mass is 32.1. The first-order chi connectivity index (χ1) is 12.6. The summed E-state index contributed by atoms with van der Waals surface area (Å²) in [7, 11) is 0. The van der Waals surface area contributed by atoms with E-state index in [1.54, 1.807) is 46.8 Å². The van der Waals surface area contributed by atoms with Gasteiger partial charge in [0.1, 0.15) is 5.76 Å². The Morgan fingerprint density at radius 2 is 2.00 bits per heavy atom. The molecule has 0 aliphatic carbocycles. The largest absolute Gasteiger partial charge is 0.477 e. The highest BCUT2D eigenvalue weighted by molar-refractivity contribution is 7.09. The molecule has 1 amide bonds. The third-order valence-electron chi connectivity index (χ3n) is 3.62. The van der Waals surface area contributed by atoms with Crippen LogP contribution in [-0.2, 0) is 17.9 Å². The normalized spacial score (nSPS) is 10.5. The van der Waals surface area contributed by atoms with Gasteiger partial charge in [-0.25, -0.2) is 0 Å². The Hall–Kier alpha value is -3.13. The van der Waals surface area contributed by atoms with E-state index in [0.29, 0.717) is 18.8 Å². The van der Waals surface area contributed by atoms with Gasteiger partial charge in [-0.2, -0.15) is 0 Å². The summed E-state index contributed by atoms with van der Waals surface area (Å²) in [5.41, 5.74) is -0.170. The van der Waals surface area contributed by atoms with Crippen molar-refractivity contribution in [2.24, 2.45) is 0 Å². The average molecular weight is 372 g/mol. The van der Waals surface area contributed by atoms with Crippen LogP contribution in [0.3, 0.4) is 0 Å². The fourth-order valence-corrected chi connectivity index (χ4v) is 3.09. The lowest BCUT2D eigenvalue weighted by Crippen LogP contribution is -2.33. The van der Waals surface area contributed by atoms with Gasteiger partial charge in [-0.05, 0) is 29.6 Å². The van der Waals surface area contributed by atoms with Gasteiger partial charge in [-0.1, -0.05) is 18.2 Å². The van der Waals surface area contributed by atoms with Crippen LogP contribution in [-0.4, -0.2) is 22.3 Å². The van der Waals surface area contributed by atoms with Gasteiger partial charge < -0.3 is 14.1 Å². The lowest BCUT2D eigenvalue weighted by Gasteiger charge is -2.21. The first kappa shape index (κ1) is 17.7. The van der Waals surface area contributed by atoms with Crippen LogP contribution in [0, 0.1) is 10.1 Å². The molecular weight excluding hydrogens is 356 g/mol. The van der Waals surface area contributed by atoms with E-state index in [4.69, 9.17) is 9.15 Å². The van der Waals surface area contributed by atoms with Crippen LogP contribution in [0.1, 0.15) is 10.6 Å². The maximum atomic E-state index is 12.6. The summed E-state index contributed by atoms with van der Waals surface area (Å²) in [6, 6.07) is 13.4. The van der Waals surface area contributed by atoms with Gasteiger partial charge in [0.2, 0.25) is 0 Å². The number of hydrogen-bond acceptors (Lipinski definition) is 6.